The molecule has 5 heteroatoms. The Hall–Kier alpha value is -1.62. The molecule has 0 rings (SSSR count). The summed E-state index contributed by atoms with van der Waals surface area (Å²) in [6.07, 6.45) is 4.66. The predicted octanol–water partition coefficient (Wildman–Crippen LogP) is 0.712. The molecule has 0 aromatic rings. The van der Waals surface area contributed by atoms with E-state index >= 15 is 0 Å². The van der Waals surface area contributed by atoms with E-state index in [1.54, 1.807) is 7.05 Å². The molecule has 18 heavy (non-hydrogen) atoms. The van der Waals surface area contributed by atoms with Crippen molar-refractivity contribution in [1.82, 2.24) is 10.2 Å². The Balaban J connectivity index is 0. The summed E-state index contributed by atoms with van der Waals surface area (Å²) in [5.41, 5.74) is 0. The van der Waals surface area contributed by atoms with E-state index in [9.17, 15) is 9.59 Å². The van der Waals surface area contributed by atoms with Crippen LogP contribution in [0.25, 0.3) is 0 Å². The van der Waals surface area contributed by atoms with Crippen LogP contribution in [0, 0.1) is 0 Å². The maximum Gasteiger partial charge on any atom is 0.245 e. The number of amides is 2. The number of carbonyl (C=O) groups is 2. The summed E-state index contributed by atoms with van der Waals surface area (Å²) in [4.78, 5) is 22.5. The molecule has 0 unspecified atom stereocenters. The summed E-state index contributed by atoms with van der Waals surface area (Å²) >= 11 is 0. The third-order valence-corrected chi connectivity index (χ3v) is 2.00. The smallest absolute Gasteiger partial charge is 0.245 e. The van der Waals surface area contributed by atoms with Gasteiger partial charge in [0.1, 0.15) is 0 Å². The highest BCUT2D eigenvalue weighted by atomic mass is 16.3. The Morgan fingerprint density at radius 3 is 2.33 bits per heavy atom. The molecule has 0 aliphatic rings. The van der Waals surface area contributed by atoms with E-state index in [0.717, 1.165) is 19.4 Å². The summed E-state index contributed by atoms with van der Waals surface area (Å²) < 4.78 is 0. The van der Waals surface area contributed by atoms with Crippen molar-refractivity contribution < 1.29 is 14.7 Å². The second-order valence-electron chi connectivity index (χ2n) is 3.54. The van der Waals surface area contributed by atoms with Gasteiger partial charge in [-0.1, -0.05) is 26.5 Å². The van der Waals surface area contributed by atoms with Crippen LogP contribution >= 0.6 is 0 Å². The van der Waals surface area contributed by atoms with Crippen LogP contribution in [-0.2, 0) is 9.59 Å². The number of nitrogens with one attached hydrogen (secondary N) is 1. The molecule has 0 atom stereocenters. The summed E-state index contributed by atoms with van der Waals surface area (Å²) in [5.74, 6) is -0.243. The third-order valence-electron chi connectivity index (χ3n) is 2.00. The molecule has 2 N–H and O–H groups in total. The highest BCUT2D eigenvalue weighted by Gasteiger charge is 2.00. The number of rotatable bonds is 7. The van der Waals surface area contributed by atoms with Crippen LogP contribution < -0.4 is 5.32 Å². The number of nitrogens with zero attached hydrogens (tertiary/aromatic N) is 1. The number of hydrogen-bond acceptors (Lipinski definition) is 3. The lowest BCUT2D eigenvalue weighted by Gasteiger charge is -2.11. The van der Waals surface area contributed by atoms with Crippen LogP contribution in [0.2, 0.25) is 0 Å². The first-order valence-electron chi connectivity index (χ1n) is 5.92. The van der Waals surface area contributed by atoms with Crippen LogP contribution in [0.4, 0.5) is 0 Å². The van der Waals surface area contributed by atoms with E-state index in [4.69, 9.17) is 5.11 Å². The first-order valence-corrected chi connectivity index (χ1v) is 5.92. The summed E-state index contributed by atoms with van der Waals surface area (Å²) in [5, 5.41) is 11.0. The van der Waals surface area contributed by atoms with E-state index < -0.39 is 0 Å². The van der Waals surface area contributed by atoms with Gasteiger partial charge in [0.2, 0.25) is 11.8 Å². The van der Waals surface area contributed by atoms with E-state index in [-0.39, 0.29) is 18.4 Å². The zero-order valence-corrected chi connectivity index (χ0v) is 11.3. The standard InChI is InChI=1S/C7H13NO.C6H11NO2/c1-3-5-6-8-7(9)4-2;1-3-6(9)7(2)4-5-8/h4H,2-3,5-6H2,1H3,(H,8,9);3,8H,1,4-5H2,2H3. The molecule has 0 saturated heterocycles. The van der Waals surface area contributed by atoms with Gasteiger partial charge < -0.3 is 15.3 Å². The molecule has 2 amide bonds. The van der Waals surface area contributed by atoms with E-state index in [1.807, 2.05) is 0 Å². The minimum Gasteiger partial charge on any atom is -0.395 e. The van der Waals surface area contributed by atoms with Crippen LogP contribution in [0.3, 0.4) is 0 Å². The molecule has 0 radical (unpaired) electrons. The van der Waals surface area contributed by atoms with Gasteiger partial charge in [-0.05, 0) is 18.6 Å². The Morgan fingerprint density at radius 2 is 1.94 bits per heavy atom. The second-order valence-corrected chi connectivity index (χ2v) is 3.54. The Morgan fingerprint density at radius 1 is 1.33 bits per heavy atom. The molecule has 5 nitrogen and oxygen atoms in total. The SMILES string of the molecule is C=CC(=O)N(C)CCO.C=CC(=O)NCCCC. The molecule has 0 aromatic heterocycles. The minimum absolute atomic E-state index is 0.00389. The average molecular weight is 256 g/mol. The number of hydrogen-bond donors (Lipinski definition) is 2. The van der Waals surface area contributed by atoms with Crippen molar-refractivity contribution in [3.05, 3.63) is 25.3 Å². The van der Waals surface area contributed by atoms with E-state index in [0.29, 0.717) is 6.54 Å². The zero-order chi connectivity index (χ0) is 14.4. The van der Waals surface area contributed by atoms with Crippen LogP contribution in [0.5, 0.6) is 0 Å². The van der Waals surface area contributed by atoms with Crippen molar-refractivity contribution in [1.29, 1.82) is 0 Å². The average Bonchev–Trinajstić information content (AvgIpc) is 2.38. The highest BCUT2D eigenvalue weighted by Crippen LogP contribution is 1.82. The number of likely N-dealkylation sites (N-methyl/N-ethyl adjacent to an activating group) is 1. The lowest BCUT2D eigenvalue weighted by atomic mass is 10.3. The molecule has 104 valence electrons. The van der Waals surface area contributed by atoms with Crippen molar-refractivity contribution >= 4 is 11.8 Å². The van der Waals surface area contributed by atoms with E-state index in [1.165, 1.54) is 17.1 Å². The van der Waals surface area contributed by atoms with Crippen molar-refractivity contribution in [2.45, 2.75) is 19.8 Å². The molecule has 0 aliphatic carbocycles. The van der Waals surface area contributed by atoms with Gasteiger partial charge in [-0.3, -0.25) is 9.59 Å². The van der Waals surface area contributed by atoms with Gasteiger partial charge in [0.05, 0.1) is 6.61 Å². The molecule has 0 fully saturated rings. The van der Waals surface area contributed by atoms with Crippen LogP contribution in [-0.4, -0.2) is 48.6 Å². The number of carbonyl (C=O) groups excluding carboxylic acids is 2. The highest BCUT2D eigenvalue weighted by molar-refractivity contribution is 5.87. The molecule has 0 heterocycles. The fourth-order valence-electron chi connectivity index (χ4n) is 0.877. The molecule has 0 saturated carbocycles. The largest absolute Gasteiger partial charge is 0.395 e. The van der Waals surface area contributed by atoms with Gasteiger partial charge in [0.25, 0.3) is 0 Å². The topological polar surface area (TPSA) is 69.6 Å². The van der Waals surface area contributed by atoms with Gasteiger partial charge >= 0.3 is 0 Å². The van der Waals surface area contributed by atoms with Gasteiger partial charge in [-0.2, -0.15) is 0 Å². The Kier molecular flexibility index (Phi) is 14.0. The molecule has 0 aromatic carbocycles. The maximum atomic E-state index is 10.6. The zero-order valence-electron chi connectivity index (χ0n) is 11.3. The first-order chi connectivity index (χ1) is 8.53. The van der Waals surface area contributed by atoms with Gasteiger partial charge in [-0.25, -0.2) is 0 Å². The summed E-state index contributed by atoms with van der Waals surface area (Å²) in [6.45, 7) is 9.83. The lowest BCUT2D eigenvalue weighted by molar-refractivity contribution is -0.125. The van der Waals surface area contributed by atoms with Crippen molar-refractivity contribution in [2.24, 2.45) is 0 Å². The number of aliphatic hydroxyl groups is 1. The minimum atomic E-state index is -0.163. The number of aliphatic hydroxyl groups excluding tert-OH is 1. The number of unbranched alkanes of at least 4 members (excludes halogenated alkanes) is 1. The molecule has 0 aliphatic heterocycles. The lowest BCUT2D eigenvalue weighted by Crippen LogP contribution is -2.27. The monoisotopic (exact) mass is 256 g/mol. The normalized spacial score (nSPS) is 8.61. The Labute approximate surface area is 109 Å². The quantitative estimate of drug-likeness (QED) is 0.520. The summed E-state index contributed by atoms with van der Waals surface area (Å²) in [7, 11) is 1.61. The fraction of sp³-hybridized carbons (Fsp3) is 0.538. The molecular formula is C13H24N2O3. The fourth-order valence-corrected chi connectivity index (χ4v) is 0.877. The predicted molar refractivity (Wildman–Crippen MR) is 73.0 cm³/mol. The van der Waals surface area contributed by atoms with Crippen LogP contribution in [0.1, 0.15) is 19.8 Å². The molecule has 0 spiro atoms. The second kappa shape index (κ2) is 13.4. The first kappa shape index (κ1) is 18.7. The van der Waals surface area contributed by atoms with Crippen molar-refractivity contribution in [3.63, 3.8) is 0 Å². The van der Waals surface area contributed by atoms with Crippen molar-refractivity contribution in [3.8, 4) is 0 Å². The van der Waals surface area contributed by atoms with Gasteiger partial charge in [0, 0.05) is 20.1 Å². The van der Waals surface area contributed by atoms with Gasteiger partial charge in [-0.15, -0.1) is 0 Å². The van der Waals surface area contributed by atoms with E-state index in [2.05, 4.69) is 25.4 Å². The maximum absolute atomic E-state index is 10.6. The van der Waals surface area contributed by atoms with Crippen LogP contribution in [0.15, 0.2) is 25.3 Å². The third kappa shape index (κ3) is 12.4. The summed E-state index contributed by atoms with van der Waals surface area (Å²) in [6, 6.07) is 0. The van der Waals surface area contributed by atoms with Gasteiger partial charge in [0.15, 0.2) is 0 Å². The molecular weight excluding hydrogens is 232 g/mol. The van der Waals surface area contributed by atoms with Crippen molar-refractivity contribution in [2.75, 3.05) is 26.7 Å². The molecule has 0 bridgehead atoms. The Bertz CT molecular complexity index is 265.